The Labute approximate surface area is 177 Å². The number of likely N-dealkylation sites (tertiary alicyclic amines) is 1. The zero-order valence-electron chi connectivity index (χ0n) is 17.3. The van der Waals surface area contributed by atoms with Gasteiger partial charge in [0, 0.05) is 19.1 Å². The number of benzene rings is 1. The second-order valence-corrected chi connectivity index (χ2v) is 9.79. The average Bonchev–Trinajstić information content (AvgIpc) is 3.68. The summed E-state index contributed by atoms with van der Waals surface area (Å²) in [6, 6.07) is 8.05. The molecule has 2 amide bonds. The van der Waals surface area contributed by atoms with Crippen molar-refractivity contribution in [2.24, 2.45) is 23.7 Å². The topological polar surface area (TPSA) is 67.9 Å². The van der Waals surface area contributed by atoms with Gasteiger partial charge in [-0.1, -0.05) is 18.2 Å². The summed E-state index contributed by atoms with van der Waals surface area (Å²) in [5.41, 5.74) is 1.14. The van der Waals surface area contributed by atoms with Crippen LogP contribution in [0.1, 0.15) is 37.7 Å². The van der Waals surface area contributed by atoms with Crippen molar-refractivity contribution in [2.45, 2.75) is 56.7 Å². The highest BCUT2D eigenvalue weighted by Crippen LogP contribution is 2.55. The Bertz CT molecular complexity index is 853. The first-order valence-electron chi connectivity index (χ1n) is 11.6. The van der Waals surface area contributed by atoms with Gasteiger partial charge in [0.2, 0.25) is 11.8 Å². The van der Waals surface area contributed by atoms with Gasteiger partial charge in [-0.2, -0.15) is 0 Å². The van der Waals surface area contributed by atoms with Crippen molar-refractivity contribution in [3.8, 4) is 5.75 Å². The molecule has 1 aromatic carbocycles. The highest BCUT2D eigenvalue weighted by atomic mass is 16.5. The van der Waals surface area contributed by atoms with E-state index in [1.165, 1.54) is 12.8 Å². The molecule has 3 heterocycles. The van der Waals surface area contributed by atoms with E-state index in [2.05, 4.69) is 16.3 Å². The van der Waals surface area contributed by atoms with Gasteiger partial charge in [-0.3, -0.25) is 9.59 Å². The maximum absolute atomic E-state index is 13.1. The van der Waals surface area contributed by atoms with Crippen LogP contribution in [0.2, 0.25) is 0 Å². The van der Waals surface area contributed by atoms with E-state index >= 15 is 0 Å². The number of carbonyl (C=O) groups is 2. The highest BCUT2D eigenvalue weighted by molar-refractivity contribution is 5.84. The number of carbonyl (C=O) groups excluding carboxylic acids is 2. The van der Waals surface area contributed by atoms with E-state index in [1.807, 2.05) is 18.2 Å². The summed E-state index contributed by atoms with van der Waals surface area (Å²) in [6.45, 7) is 1.82. The van der Waals surface area contributed by atoms with Gasteiger partial charge in [0.05, 0.1) is 24.1 Å². The number of hydrogen-bond donors (Lipinski definition) is 1. The summed E-state index contributed by atoms with van der Waals surface area (Å²) >= 11 is 0. The molecule has 6 atom stereocenters. The van der Waals surface area contributed by atoms with Crippen molar-refractivity contribution in [1.29, 1.82) is 0 Å². The maximum atomic E-state index is 13.1. The van der Waals surface area contributed by atoms with Crippen LogP contribution in [0.3, 0.4) is 0 Å². The largest absolute Gasteiger partial charge is 0.491 e. The summed E-state index contributed by atoms with van der Waals surface area (Å²) in [7, 11) is 0. The van der Waals surface area contributed by atoms with Crippen molar-refractivity contribution < 1.29 is 19.1 Å². The molecule has 1 aromatic rings. The first-order chi connectivity index (χ1) is 14.7. The van der Waals surface area contributed by atoms with Gasteiger partial charge in [-0.05, 0) is 62.0 Å². The molecule has 6 nitrogen and oxygen atoms in total. The number of piperidine rings is 1. The third kappa shape index (κ3) is 3.29. The lowest BCUT2D eigenvalue weighted by Gasteiger charge is -2.41. The minimum Gasteiger partial charge on any atom is -0.491 e. The second-order valence-electron chi connectivity index (χ2n) is 9.79. The smallest absolute Gasteiger partial charge is 0.226 e. The molecule has 2 saturated heterocycles. The lowest BCUT2D eigenvalue weighted by molar-refractivity contribution is -0.146. The molecule has 160 valence electrons. The van der Waals surface area contributed by atoms with Crippen LogP contribution < -0.4 is 10.1 Å². The molecular weight excluding hydrogens is 380 g/mol. The fourth-order valence-corrected chi connectivity index (χ4v) is 5.97. The molecule has 6 heteroatoms. The van der Waals surface area contributed by atoms with Gasteiger partial charge in [0.1, 0.15) is 12.4 Å². The molecule has 0 spiro atoms. The molecule has 0 radical (unpaired) electrons. The zero-order valence-corrected chi connectivity index (χ0v) is 17.3. The molecule has 2 saturated carbocycles. The van der Waals surface area contributed by atoms with Crippen molar-refractivity contribution in [3.05, 3.63) is 29.8 Å². The lowest BCUT2D eigenvalue weighted by Crippen LogP contribution is -2.57. The Balaban J connectivity index is 1.09. The SMILES string of the molecule is O=C(N[C@@H]1COc2ccccc2C1)[C@H]1CCN(C(=O)C2CC2C2CC2)[C@@H]2CCO[C@H]12. The summed E-state index contributed by atoms with van der Waals surface area (Å²) in [4.78, 5) is 28.3. The molecule has 5 aliphatic rings. The summed E-state index contributed by atoms with van der Waals surface area (Å²) < 4.78 is 11.8. The van der Waals surface area contributed by atoms with E-state index in [0.717, 1.165) is 36.5 Å². The Morgan fingerprint density at radius 2 is 1.93 bits per heavy atom. The number of nitrogens with zero attached hydrogens (tertiary/aromatic N) is 1. The van der Waals surface area contributed by atoms with Crippen molar-refractivity contribution in [1.82, 2.24) is 10.2 Å². The second kappa shape index (κ2) is 7.26. The van der Waals surface area contributed by atoms with E-state index in [1.54, 1.807) is 0 Å². The number of rotatable bonds is 4. The molecule has 2 aliphatic carbocycles. The predicted octanol–water partition coefficient (Wildman–Crippen LogP) is 2.16. The monoisotopic (exact) mass is 410 g/mol. The van der Waals surface area contributed by atoms with Crippen molar-refractivity contribution >= 4 is 11.8 Å². The molecule has 3 aliphatic heterocycles. The fourth-order valence-electron chi connectivity index (χ4n) is 5.97. The third-order valence-corrected chi connectivity index (χ3v) is 7.81. The summed E-state index contributed by atoms with van der Waals surface area (Å²) in [5, 5.41) is 3.20. The van der Waals surface area contributed by atoms with Crippen LogP contribution in [0.5, 0.6) is 5.75 Å². The van der Waals surface area contributed by atoms with Crippen LogP contribution in [0, 0.1) is 23.7 Å². The van der Waals surface area contributed by atoms with Crippen LogP contribution in [0.15, 0.2) is 24.3 Å². The Morgan fingerprint density at radius 3 is 2.80 bits per heavy atom. The predicted molar refractivity (Wildman–Crippen MR) is 110 cm³/mol. The number of amides is 2. The number of ether oxygens (including phenoxy) is 2. The Morgan fingerprint density at radius 1 is 1.07 bits per heavy atom. The van der Waals surface area contributed by atoms with E-state index < -0.39 is 0 Å². The minimum absolute atomic E-state index is 0.0160. The van der Waals surface area contributed by atoms with E-state index in [-0.39, 0.29) is 35.9 Å². The van der Waals surface area contributed by atoms with Gasteiger partial charge >= 0.3 is 0 Å². The molecule has 2 unspecified atom stereocenters. The number of fused-ring (bicyclic) bond motifs is 2. The molecule has 6 rings (SSSR count). The van der Waals surface area contributed by atoms with Gasteiger partial charge in [-0.15, -0.1) is 0 Å². The molecule has 0 bridgehead atoms. The van der Waals surface area contributed by atoms with Crippen LogP contribution in [-0.2, 0) is 20.7 Å². The maximum Gasteiger partial charge on any atom is 0.226 e. The Kier molecular flexibility index (Phi) is 4.52. The number of para-hydroxylation sites is 1. The van der Waals surface area contributed by atoms with Crippen LogP contribution in [0.4, 0.5) is 0 Å². The average molecular weight is 411 g/mol. The van der Waals surface area contributed by atoms with Crippen LogP contribution in [0.25, 0.3) is 0 Å². The number of hydrogen-bond acceptors (Lipinski definition) is 4. The molecule has 4 fully saturated rings. The zero-order chi connectivity index (χ0) is 20.2. The molecule has 0 aromatic heterocycles. The quantitative estimate of drug-likeness (QED) is 0.826. The summed E-state index contributed by atoms with van der Waals surface area (Å²) in [5.74, 6) is 2.78. The van der Waals surface area contributed by atoms with Gasteiger partial charge in [-0.25, -0.2) is 0 Å². The van der Waals surface area contributed by atoms with Gasteiger partial charge in [0.25, 0.3) is 0 Å². The Hall–Kier alpha value is -2.08. The first kappa shape index (κ1) is 18.7. The fraction of sp³-hybridized carbons (Fsp3) is 0.667. The van der Waals surface area contributed by atoms with Crippen LogP contribution >= 0.6 is 0 Å². The van der Waals surface area contributed by atoms with Crippen molar-refractivity contribution in [2.75, 3.05) is 19.8 Å². The molecule has 30 heavy (non-hydrogen) atoms. The van der Waals surface area contributed by atoms with E-state index in [0.29, 0.717) is 38.0 Å². The highest BCUT2D eigenvalue weighted by Gasteiger charge is 2.55. The molecular formula is C24H30N2O4. The van der Waals surface area contributed by atoms with Crippen molar-refractivity contribution in [3.63, 3.8) is 0 Å². The standard InChI is InChI=1S/C24H30N2O4/c27-23(25-16-11-15-3-1-2-4-21(15)30-13-16)17-7-9-26(20-8-10-29-22(17)20)24(28)19-12-18(19)14-5-6-14/h1-4,14,16-20,22H,5-13H2,(H,25,27)/t16-,17-,18?,19?,20+,22+/m0/s1. The first-order valence-corrected chi connectivity index (χ1v) is 11.6. The van der Waals surface area contributed by atoms with Gasteiger partial charge < -0.3 is 19.7 Å². The van der Waals surface area contributed by atoms with Gasteiger partial charge in [0.15, 0.2) is 0 Å². The van der Waals surface area contributed by atoms with E-state index in [9.17, 15) is 9.59 Å². The summed E-state index contributed by atoms with van der Waals surface area (Å²) in [6.07, 6.45) is 5.84. The van der Waals surface area contributed by atoms with Crippen LogP contribution in [-0.4, -0.2) is 54.7 Å². The molecule has 1 N–H and O–H groups in total. The normalized spacial score (nSPS) is 37.0. The minimum atomic E-state index is -0.183. The van der Waals surface area contributed by atoms with E-state index in [4.69, 9.17) is 9.47 Å². The number of nitrogens with one attached hydrogen (secondary N) is 1. The third-order valence-electron chi connectivity index (χ3n) is 7.81. The lowest BCUT2D eigenvalue weighted by atomic mass is 9.86.